The van der Waals surface area contributed by atoms with Crippen molar-refractivity contribution in [3.05, 3.63) is 23.8 Å². The van der Waals surface area contributed by atoms with E-state index < -0.39 is 0 Å². The molecule has 1 atom stereocenters. The van der Waals surface area contributed by atoms with Crippen LogP contribution in [0.5, 0.6) is 11.5 Å². The molecule has 5 heteroatoms. The van der Waals surface area contributed by atoms with Crippen molar-refractivity contribution in [1.29, 1.82) is 0 Å². The van der Waals surface area contributed by atoms with Gasteiger partial charge in [0.15, 0.2) is 11.5 Å². The van der Waals surface area contributed by atoms with E-state index in [4.69, 9.17) is 15.2 Å². The third kappa shape index (κ3) is 6.80. The van der Waals surface area contributed by atoms with Gasteiger partial charge in [-0.2, -0.15) is 0 Å². The van der Waals surface area contributed by atoms with Gasteiger partial charge in [0.1, 0.15) is 0 Å². The van der Waals surface area contributed by atoms with Crippen LogP contribution in [0.1, 0.15) is 45.1 Å². The van der Waals surface area contributed by atoms with Crippen LogP contribution >= 0.6 is 0 Å². The number of nitrogens with one attached hydrogen (secondary N) is 1. The van der Waals surface area contributed by atoms with Crippen LogP contribution in [0.15, 0.2) is 18.2 Å². The van der Waals surface area contributed by atoms with E-state index in [-0.39, 0.29) is 11.9 Å². The second-order valence-electron chi connectivity index (χ2n) is 5.48. The summed E-state index contributed by atoms with van der Waals surface area (Å²) in [6.45, 7) is 5.18. The number of amides is 1. The van der Waals surface area contributed by atoms with Crippen LogP contribution < -0.4 is 20.5 Å². The molecular formula is C17H28N2O3. The van der Waals surface area contributed by atoms with E-state index in [0.29, 0.717) is 31.7 Å². The number of carbonyl (C=O) groups is 1. The van der Waals surface area contributed by atoms with Crippen LogP contribution in [0, 0.1) is 0 Å². The topological polar surface area (TPSA) is 73.6 Å². The standard InChI is InChI=1S/C17H28N2O3/c1-4-5-10-22-15-8-7-14(11-16(15)21-3)12-19-17(20)9-6-13(2)18/h7-8,11,13H,4-6,9-10,12,18H2,1-3H3,(H,19,20). The summed E-state index contributed by atoms with van der Waals surface area (Å²) in [5, 5.41) is 2.89. The lowest BCUT2D eigenvalue weighted by Gasteiger charge is -2.12. The van der Waals surface area contributed by atoms with Gasteiger partial charge in [0.05, 0.1) is 13.7 Å². The summed E-state index contributed by atoms with van der Waals surface area (Å²) in [6, 6.07) is 5.77. The maximum atomic E-state index is 11.7. The van der Waals surface area contributed by atoms with Gasteiger partial charge in [0, 0.05) is 19.0 Å². The summed E-state index contributed by atoms with van der Waals surface area (Å²) in [5.41, 5.74) is 6.62. The lowest BCUT2D eigenvalue weighted by Crippen LogP contribution is -2.25. The molecule has 0 aromatic heterocycles. The highest BCUT2D eigenvalue weighted by Crippen LogP contribution is 2.28. The van der Waals surface area contributed by atoms with Crippen LogP contribution in [-0.2, 0) is 11.3 Å². The second-order valence-corrected chi connectivity index (χ2v) is 5.48. The maximum absolute atomic E-state index is 11.7. The first-order valence-corrected chi connectivity index (χ1v) is 7.88. The van der Waals surface area contributed by atoms with E-state index in [1.165, 1.54) is 0 Å². The fraction of sp³-hybridized carbons (Fsp3) is 0.588. The Kier molecular flexibility index (Phi) is 8.36. The fourth-order valence-corrected chi connectivity index (χ4v) is 1.92. The molecule has 0 saturated heterocycles. The van der Waals surface area contributed by atoms with E-state index in [1.54, 1.807) is 7.11 Å². The lowest BCUT2D eigenvalue weighted by atomic mass is 10.1. The van der Waals surface area contributed by atoms with E-state index in [9.17, 15) is 4.79 Å². The first-order valence-electron chi connectivity index (χ1n) is 7.88. The zero-order chi connectivity index (χ0) is 16.4. The van der Waals surface area contributed by atoms with E-state index >= 15 is 0 Å². The van der Waals surface area contributed by atoms with Gasteiger partial charge in [-0.3, -0.25) is 4.79 Å². The van der Waals surface area contributed by atoms with Crippen LogP contribution in [0.3, 0.4) is 0 Å². The van der Waals surface area contributed by atoms with Gasteiger partial charge in [0.25, 0.3) is 0 Å². The molecule has 0 heterocycles. The monoisotopic (exact) mass is 308 g/mol. The average molecular weight is 308 g/mol. The summed E-state index contributed by atoms with van der Waals surface area (Å²) in [6.07, 6.45) is 3.25. The summed E-state index contributed by atoms with van der Waals surface area (Å²) in [7, 11) is 1.62. The average Bonchev–Trinajstić information content (AvgIpc) is 2.51. The largest absolute Gasteiger partial charge is 0.493 e. The van der Waals surface area contributed by atoms with Crippen LogP contribution in [0.25, 0.3) is 0 Å². The van der Waals surface area contributed by atoms with E-state index in [1.807, 2.05) is 25.1 Å². The van der Waals surface area contributed by atoms with Crippen LogP contribution in [0.4, 0.5) is 0 Å². The molecule has 5 nitrogen and oxygen atoms in total. The fourth-order valence-electron chi connectivity index (χ4n) is 1.92. The molecule has 0 aliphatic carbocycles. The number of methoxy groups -OCH3 is 1. The van der Waals surface area contributed by atoms with Gasteiger partial charge in [-0.1, -0.05) is 19.4 Å². The first kappa shape index (κ1) is 18.3. The summed E-state index contributed by atoms with van der Waals surface area (Å²) in [5.74, 6) is 1.45. The molecule has 0 spiro atoms. The van der Waals surface area contributed by atoms with Crippen molar-refractivity contribution in [2.24, 2.45) is 5.73 Å². The zero-order valence-corrected chi connectivity index (χ0v) is 13.9. The zero-order valence-electron chi connectivity index (χ0n) is 13.9. The van der Waals surface area contributed by atoms with Crippen molar-refractivity contribution in [2.75, 3.05) is 13.7 Å². The molecule has 3 N–H and O–H groups in total. The molecule has 0 aliphatic rings. The first-order chi connectivity index (χ1) is 10.6. The van der Waals surface area contributed by atoms with Crippen molar-refractivity contribution in [3.63, 3.8) is 0 Å². The Bertz CT molecular complexity index is 461. The number of hydrogen-bond acceptors (Lipinski definition) is 4. The maximum Gasteiger partial charge on any atom is 0.220 e. The predicted molar refractivity (Wildman–Crippen MR) is 88.1 cm³/mol. The molecule has 0 radical (unpaired) electrons. The highest BCUT2D eigenvalue weighted by atomic mass is 16.5. The van der Waals surface area contributed by atoms with Gasteiger partial charge in [-0.05, 0) is 37.5 Å². The number of carbonyl (C=O) groups excluding carboxylic acids is 1. The van der Waals surface area contributed by atoms with Gasteiger partial charge in [-0.25, -0.2) is 0 Å². The molecule has 0 saturated carbocycles. The third-order valence-electron chi connectivity index (χ3n) is 3.30. The smallest absolute Gasteiger partial charge is 0.220 e. The minimum absolute atomic E-state index is 0.0135. The Hall–Kier alpha value is -1.75. The molecule has 1 aromatic carbocycles. The van der Waals surface area contributed by atoms with Gasteiger partial charge < -0.3 is 20.5 Å². The Balaban J connectivity index is 2.52. The van der Waals surface area contributed by atoms with Crippen molar-refractivity contribution in [3.8, 4) is 11.5 Å². The van der Waals surface area contributed by atoms with Crippen LogP contribution in [0.2, 0.25) is 0 Å². The number of hydrogen-bond donors (Lipinski definition) is 2. The summed E-state index contributed by atoms with van der Waals surface area (Å²) >= 11 is 0. The van der Waals surface area contributed by atoms with Gasteiger partial charge in [0.2, 0.25) is 5.91 Å². The summed E-state index contributed by atoms with van der Waals surface area (Å²) in [4.78, 5) is 11.7. The minimum atomic E-state index is 0.0135. The number of rotatable bonds is 10. The number of unbranched alkanes of at least 4 members (excludes halogenated alkanes) is 1. The normalized spacial score (nSPS) is 11.8. The number of benzene rings is 1. The van der Waals surface area contributed by atoms with Crippen molar-refractivity contribution in [1.82, 2.24) is 5.32 Å². The molecule has 124 valence electrons. The molecule has 0 aliphatic heterocycles. The summed E-state index contributed by atoms with van der Waals surface area (Å²) < 4.78 is 11.0. The van der Waals surface area contributed by atoms with Crippen molar-refractivity contribution in [2.45, 2.75) is 52.1 Å². The Morgan fingerprint density at radius 2 is 2.14 bits per heavy atom. The van der Waals surface area contributed by atoms with Gasteiger partial charge >= 0.3 is 0 Å². The second kappa shape index (κ2) is 10.1. The molecule has 1 unspecified atom stereocenters. The highest BCUT2D eigenvalue weighted by molar-refractivity contribution is 5.75. The van der Waals surface area contributed by atoms with Crippen molar-refractivity contribution >= 4 is 5.91 Å². The molecule has 1 aromatic rings. The molecule has 0 bridgehead atoms. The third-order valence-corrected chi connectivity index (χ3v) is 3.30. The SMILES string of the molecule is CCCCOc1ccc(CNC(=O)CCC(C)N)cc1OC. The minimum Gasteiger partial charge on any atom is -0.493 e. The van der Waals surface area contributed by atoms with Crippen LogP contribution in [-0.4, -0.2) is 25.7 Å². The Labute approximate surface area is 133 Å². The quantitative estimate of drug-likeness (QED) is 0.652. The van der Waals surface area contributed by atoms with E-state index in [2.05, 4.69) is 12.2 Å². The predicted octanol–water partition coefficient (Wildman–Crippen LogP) is 2.62. The molecule has 1 amide bonds. The van der Waals surface area contributed by atoms with E-state index in [0.717, 1.165) is 24.2 Å². The molecule has 1 rings (SSSR count). The number of ether oxygens (including phenoxy) is 2. The molecule has 22 heavy (non-hydrogen) atoms. The number of nitrogens with two attached hydrogens (primary N) is 1. The van der Waals surface area contributed by atoms with Gasteiger partial charge in [-0.15, -0.1) is 0 Å². The Morgan fingerprint density at radius 1 is 1.36 bits per heavy atom. The molecular weight excluding hydrogens is 280 g/mol. The molecule has 0 fully saturated rings. The Morgan fingerprint density at radius 3 is 2.77 bits per heavy atom. The highest BCUT2D eigenvalue weighted by Gasteiger charge is 2.07. The van der Waals surface area contributed by atoms with Crippen molar-refractivity contribution < 1.29 is 14.3 Å². The lowest BCUT2D eigenvalue weighted by molar-refractivity contribution is -0.121.